The predicted octanol–water partition coefficient (Wildman–Crippen LogP) is 5.87. The van der Waals surface area contributed by atoms with Crippen LogP contribution in [0.2, 0.25) is 0 Å². The SMILES string of the molecule is CCn1c2ccccc2c2nnc(SCc3nc4sc(C)c(-c5ccc(C)cc5)c4c(=O)[nH]3)nc21. The fourth-order valence-corrected chi connectivity index (χ4v) is 6.22. The van der Waals surface area contributed by atoms with Gasteiger partial charge in [0.05, 0.1) is 16.7 Å². The number of benzene rings is 2. The number of aryl methyl sites for hydroxylation is 3. The Morgan fingerprint density at radius 3 is 2.63 bits per heavy atom. The molecule has 1 N–H and O–H groups in total. The van der Waals surface area contributed by atoms with Crippen LogP contribution in [0.3, 0.4) is 0 Å². The highest BCUT2D eigenvalue weighted by Gasteiger charge is 2.18. The third-order valence-corrected chi connectivity index (χ3v) is 7.98. The Morgan fingerprint density at radius 1 is 1.03 bits per heavy atom. The fourth-order valence-electron chi connectivity index (χ4n) is 4.50. The summed E-state index contributed by atoms with van der Waals surface area (Å²) < 4.78 is 2.15. The summed E-state index contributed by atoms with van der Waals surface area (Å²) >= 11 is 2.97. The van der Waals surface area contributed by atoms with Gasteiger partial charge in [-0.1, -0.05) is 59.8 Å². The highest BCUT2D eigenvalue weighted by atomic mass is 32.2. The van der Waals surface area contributed by atoms with Crippen molar-refractivity contribution in [1.82, 2.24) is 29.7 Å². The molecule has 9 heteroatoms. The van der Waals surface area contributed by atoms with E-state index in [9.17, 15) is 4.79 Å². The Labute approximate surface area is 209 Å². The molecule has 0 amide bonds. The zero-order valence-corrected chi connectivity index (χ0v) is 21.1. The minimum absolute atomic E-state index is 0.119. The van der Waals surface area contributed by atoms with Crippen molar-refractivity contribution >= 4 is 55.4 Å². The van der Waals surface area contributed by atoms with Crippen LogP contribution in [-0.2, 0) is 12.3 Å². The van der Waals surface area contributed by atoms with Crippen molar-refractivity contribution in [2.24, 2.45) is 0 Å². The van der Waals surface area contributed by atoms with Crippen LogP contribution < -0.4 is 5.56 Å². The molecule has 6 rings (SSSR count). The van der Waals surface area contributed by atoms with Crippen LogP contribution in [0.25, 0.3) is 43.4 Å². The maximum absolute atomic E-state index is 13.1. The Hall–Kier alpha value is -3.56. The lowest BCUT2D eigenvalue weighted by Crippen LogP contribution is -2.11. The molecule has 0 unspecified atom stereocenters. The molecule has 0 fully saturated rings. The van der Waals surface area contributed by atoms with Crippen LogP contribution >= 0.6 is 23.1 Å². The maximum atomic E-state index is 13.1. The number of hydrogen-bond acceptors (Lipinski definition) is 7. The number of hydrogen-bond donors (Lipinski definition) is 1. The maximum Gasteiger partial charge on any atom is 0.260 e. The van der Waals surface area contributed by atoms with Gasteiger partial charge >= 0.3 is 0 Å². The van der Waals surface area contributed by atoms with Crippen molar-refractivity contribution in [3.63, 3.8) is 0 Å². The average molecular weight is 499 g/mol. The van der Waals surface area contributed by atoms with Crippen LogP contribution in [-0.4, -0.2) is 29.7 Å². The van der Waals surface area contributed by atoms with Gasteiger partial charge in [-0.25, -0.2) is 9.97 Å². The van der Waals surface area contributed by atoms with Gasteiger partial charge < -0.3 is 9.55 Å². The van der Waals surface area contributed by atoms with Crippen molar-refractivity contribution in [2.45, 2.75) is 38.2 Å². The van der Waals surface area contributed by atoms with Crippen molar-refractivity contribution in [1.29, 1.82) is 0 Å². The van der Waals surface area contributed by atoms with Gasteiger partial charge in [0.2, 0.25) is 5.16 Å². The lowest BCUT2D eigenvalue weighted by molar-refractivity contribution is 0.789. The fraction of sp³-hybridized carbons (Fsp3) is 0.192. The van der Waals surface area contributed by atoms with E-state index in [1.54, 1.807) is 11.3 Å². The molecule has 4 heterocycles. The van der Waals surface area contributed by atoms with Gasteiger partial charge in [0.1, 0.15) is 16.2 Å². The summed E-state index contributed by atoms with van der Waals surface area (Å²) in [6, 6.07) is 16.4. The molecule has 0 aliphatic heterocycles. The van der Waals surface area contributed by atoms with Gasteiger partial charge in [-0.2, -0.15) is 0 Å². The number of para-hydroxylation sites is 1. The van der Waals surface area contributed by atoms with Gasteiger partial charge in [0, 0.05) is 22.4 Å². The van der Waals surface area contributed by atoms with Crippen LogP contribution in [0.15, 0.2) is 58.5 Å². The van der Waals surface area contributed by atoms with E-state index in [0.717, 1.165) is 49.4 Å². The molecule has 0 bridgehead atoms. The highest BCUT2D eigenvalue weighted by molar-refractivity contribution is 7.98. The van der Waals surface area contributed by atoms with Gasteiger partial charge in [-0.3, -0.25) is 4.79 Å². The lowest BCUT2D eigenvalue weighted by atomic mass is 10.0. The molecular weight excluding hydrogens is 476 g/mol. The molecule has 0 atom stereocenters. The molecule has 6 aromatic rings. The number of nitrogens with one attached hydrogen (secondary N) is 1. The Morgan fingerprint density at radius 2 is 1.83 bits per heavy atom. The third kappa shape index (κ3) is 3.71. The molecule has 7 nitrogen and oxygen atoms in total. The molecule has 0 aliphatic carbocycles. The number of nitrogens with zero attached hydrogens (tertiary/aromatic N) is 5. The standard InChI is InChI=1S/C26H22N6OS2/c1-4-32-18-8-6-5-7-17(18)22-23(32)29-26(31-30-22)34-13-19-27-24(33)21-20(15(3)35-25(21)28-19)16-11-9-14(2)10-12-16/h5-12H,4,13H2,1-3H3,(H,27,28,33). The first kappa shape index (κ1) is 21.9. The Balaban J connectivity index is 1.33. The van der Waals surface area contributed by atoms with E-state index >= 15 is 0 Å². The summed E-state index contributed by atoms with van der Waals surface area (Å²) in [6.45, 7) is 6.98. The summed E-state index contributed by atoms with van der Waals surface area (Å²) in [5.74, 6) is 1.05. The first-order chi connectivity index (χ1) is 17.0. The molecule has 0 saturated carbocycles. The van der Waals surface area contributed by atoms with Gasteiger partial charge in [-0.15, -0.1) is 21.5 Å². The average Bonchev–Trinajstić information content (AvgIpc) is 3.37. The molecule has 0 saturated heterocycles. The van der Waals surface area contributed by atoms with Crippen LogP contribution in [0.1, 0.15) is 23.2 Å². The molecule has 0 spiro atoms. The lowest BCUT2D eigenvalue weighted by Gasteiger charge is -2.04. The molecule has 2 aromatic carbocycles. The van der Waals surface area contributed by atoms with E-state index in [1.165, 1.54) is 17.3 Å². The van der Waals surface area contributed by atoms with Gasteiger partial charge in [0.15, 0.2) is 5.65 Å². The van der Waals surface area contributed by atoms with E-state index < -0.39 is 0 Å². The summed E-state index contributed by atoms with van der Waals surface area (Å²) in [6.07, 6.45) is 0. The van der Waals surface area contributed by atoms with Crippen molar-refractivity contribution < 1.29 is 0 Å². The number of thiophene rings is 1. The normalized spacial score (nSPS) is 11.7. The number of fused-ring (bicyclic) bond motifs is 4. The third-order valence-electron chi connectivity index (χ3n) is 6.14. The van der Waals surface area contributed by atoms with Crippen LogP contribution in [0.4, 0.5) is 0 Å². The van der Waals surface area contributed by atoms with Crippen molar-refractivity contribution in [3.05, 3.63) is 75.1 Å². The number of H-pyrrole nitrogens is 1. The topological polar surface area (TPSA) is 89.4 Å². The molecule has 0 aliphatic rings. The highest BCUT2D eigenvalue weighted by Crippen LogP contribution is 2.36. The van der Waals surface area contributed by atoms with E-state index in [1.807, 2.05) is 25.1 Å². The minimum Gasteiger partial charge on any atom is -0.324 e. The van der Waals surface area contributed by atoms with Crippen molar-refractivity contribution in [3.8, 4) is 11.1 Å². The van der Waals surface area contributed by atoms with Crippen molar-refractivity contribution in [2.75, 3.05) is 0 Å². The summed E-state index contributed by atoms with van der Waals surface area (Å²) in [5, 5.41) is 11.1. The van der Waals surface area contributed by atoms with Crippen LogP contribution in [0.5, 0.6) is 0 Å². The first-order valence-electron chi connectivity index (χ1n) is 11.4. The minimum atomic E-state index is -0.119. The number of rotatable bonds is 5. The Kier molecular flexibility index (Phi) is 5.38. The zero-order chi connectivity index (χ0) is 24.1. The second-order valence-electron chi connectivity index (χ2n) is 8.41. The predicted molar refractivity (Wildman–Crippen MR) is 143 cm³/mol. The molecule has 35 heavy (non-hydrogen) atoms. The molecule has 0 radical (unpaired) electrons. The number of aromatic amines is 1. The van der Waals surface area contributed by atoms with Gasteiger partial charge in [-0.05, 0) is 32.4 Å². The molecule has 4 aromatic heterocycles. The Bertz CT molecular complexity index is 1780. The summed E-state index contributed by atoms with van der Waals surface area (Å²) in [5.41, 5.74) is 5.79. The van der Waals surface area contributed by atoms with E-state index in [2.05, 4.69) is 63.9 Å². The monoisotopic (exact) mass is 498 g/mol. The number of thioether (sulfide) groups is 1. The quantitative estimate of drug-likeness (QED) is 0.299. The first-order valence-corrected chi connectivity index (χ1v) is 13.2. The van der Waals surface area contributed by atoms with Gasteiger partial charge in [0.25, 0.3) is 5.56 Å². The largest absolute Gasteiger partial charge is 0.324 e. The van der Waals surface area contributed by atoms with E-state index in [-0.39, 0.29) is 5.56 Å². The summed E-state index contributed by atoms with van der Waals surface area (Å²) in [4.78, 5) is 27.5. The number of aromatic nitrogens is 6. The van der Waals surface area contributed by atoms with E-state index in [0.29, 0.717) is 22.1 Å². The van der Waals surface area contributed by atoms with E-state index in [4.69, 9.17) is 9.97 Å². The molecule has 174 valence electrons. The second kappa shape index (κ2) is 8.58. The summed E-state index contributed by atoms with van der Waals surface area (Å²) in [7, 11) is 0. The molecular formula is C26H22N6OS2. The smallest absolute Gasteiger partial charge is 0.260 e. The second-order valence-corrected chi connectivity index (χ2v) is 10.6. The van der Waals surface area contributed by atoms with Crippen LogP contribution in [0, 0.1) is 13.8 Å². The zero-order valence-electron chi connectivity index (χ0n) is 19.5.